The molecule has 0 aromatic carbocycles. The average Bonchev–Trinajstić information content (AvgIpc) is 2.85. The Morgan fingerprint density at radius 2 is 2.73 bits per heavy atom. The second-order valence-corrected chi connectivity index (χ2v) is 4.38. The molecule has 0 radical (unpaired) electrons. The first kappa shape index (κ1) is 10.5. The molecule has 0 aliphatic carbocycles. The van der Waals surface area contributed by atoms with Crippen LogP contribution in [0.25, 0.3) is 0 Å². The number of aryl methyl sites for hydroxylation is 1. The molecule has 15 heavy (non-hydrogen) atoms. The van der Waals surface area contributed by atoms with Gasteiger partial charge in [0.25, 0.3) is 0 Å². The molecule has 1 fully saturated rings. The molecule has 5 nitrogen and oxygen atoms in total. The highest BCUT2D eigenvalue weighted by Gasteiger charge is 2.22. The summed E-state index contributed by atoms with van der Waals surface area (Å²) in [5.74, 6) is 2.47. The molecular formula is C9H13N3O2S. The molecule has 1 atom stereocenters. The number of hydrogen-bond donors (Lipinski definition) is 2. The van der Waals surface area contributed by atoms with E-state index >= 15 is 0 Å². The highest BCUT2D eigenvalue weighted by atomic mass is 32.2. The molecule has 1 aliphatic rings. The standard InChI is InChI=1S/C9H13N3O2S/c1-6-7(11-4-14-6)2-10-9(13)8-3-15-5-12-8/h4,8,12H,2-3,5H2,1H3,(H,10,13)/t8-/m1/s1. The zero-order valence-electron chi connectivity index (χ0n) is 8.45. The number of hydrogen-bond acceptors (Lipinski definition) is 5. The predicted octanol–water partition coefficient (Wildman–Crippen LogP) is 0.262. The van der Waals surface area contributed by atoms with Gasteiger partial charge in [0.1, 0.15) is 11.5 Å². The van der Waals surface area contributed by atoms with Gasteiger partial charge in [-0.25, -0.2) is 4.98 Å². The fourth-order valence-electron chi connectivity index (χ4n) is 1.36. The molecule has 82 valence electrons. The van der Waals surface area contributed by atoms with Crippen LogP contribution in [-0.4, -0.2) is 28.6 Å². The second-order valence-electron chi connectivity index (χ2n) is 3.34. The Hall–Kier alpha value is -1.01. The summed E-state index contributed by atoms with van der Waals surface area (Å²) < 4.78 is 5.04. The summed E-state index contributed by atoms with van der Waals surface area (Å²) in [6.07, 6.45) is 1.39. The molecule has 0 spiro atoms. The molecule has 6 heteroatoms. The molecule has 1 aromatic rings. The van der Waals surface area contributed by atoms with Crippen molar-refractivity contribution in [3.8, 4) is 0 Å². The van der Waals surface area contributed by atoms with E-state index in [9.17, 15) is 4.79 Å². The lowest BCUT2D eigenvalue weighted by molar-refractivity contribution is -0.122. The molecule has 0 unspecified atom stereocenters. The van der Waals surface area contributed by atoms with Crippen molar-refractivity contribution in [1.29, 1.82) is 0 Å². The summed E-state index contributed by atoms with van der Waals surface area (Å²) in [5, 5.41) is 5.94. The van der Waals surface area contributed by atoms with Gasteiger partial charge in [-0.3, -0.25) is 10.1 Å². The summed E-state index contributed by atoms with van der Waals surface area (Å²) >= 11 is 1.73. The van der Waals surface area contributed by atoms with Crippen LogP contribution in [0.2, 0.25) is 0 Å². The summed E-state index contributed by atoms with van der Waals surface area (Å²) in [7, 11) is 0. The molecule has 0 saturated carbocycles. The third-order valence-corrected chi connectivity index (χ3v) is 3.25. The lowest BCUT2D eigenvalue weighted by Gasteiger charge is -2.09. The van der Waals surface area contributed by atoms with Crippen molar-refractivity contribution in [1.82, 2.24) is 15.6 Å². The number of thioether (sulfide) groups is 1. The molecule has 0 bridgehead atoms. The maximum atomic E-state index is 11.6. The number of nitrogens with one attached hydrogen (secondary N) is 2. The first-order valence-electron chi connectivity index (χ1n) is 4.75. The number of rotatable bonds is 3. The van der Waals surface area contributed by atoms with E-state index in [4.69, 9.17) is 4.42 Å². The minimum atomic E-state index is -0.0674. The molecule has 2 N–H and O–H groups in total. The van der Waals surface area contributed by atoms with Crippen molar-refractivity contribution in [2.24, 2.45) is 0 Å². The number of carbonyl (C=O) groups excluding carboxylic acids is 1. The van der Waals surface area contributed by atoms with Crippen LogP contribution in [0.15, 0.2) is 10.8 Å². The van der Waals surface area contributed by atoms with Gasteiger partial charge in [-0.2, -0.15) is 0 Å². The highest BCUT2D eigenvalue weighted by Crippen LogP contribution is 2.10. The molecule has 1 aliphatic heterocycles. The van der Waals surface area contributed by atoms with Crippen LogP contribution in [0.3, 0.4) is 0 Å². The van der Waals surface area contributed by atoms with E-state index in [-0.39, 0.29) is 11.9 Å². The Labute approximate surface area is 92.0 Å². The molecule has 1 saturated heterocycles. The van der Waals surface area contributed by atoms with Crippen molar-refractivity contribution in [3.63, 3.8) is 0 Å². The van der Waals surface area contributed by atoms with Crippen molar-refractivity contribution in [3.05, 3.63) is 17.8 Å². The summed E-state index contributed by atoms with van der Waals surface area (Å²) in [4.78, 5) is 15.6. The number of nitrogens with zero attached hydrogens (tertiary/aromatic N) is 1. The van der Waals surface area contributed by atoms with Crippen molar-refractivity contribution in [2.75, 3.05) is 11.6 Å². The fraction of sp³-hybridized carbons (Fsp3) is 0.556. The molecule has 2 heterocycles. The Kier molecular flexibility index (Phi) is 3.27. The zero-order valence-corrected chi connectivity index (χ0v) is 9.26. The van der Waals surface area contributed by atoms with Gasteiger partial charge in [-0.1, -0.05) is 0 Å². The summed E-state index contributed by atoms with van der Waals surface area (Å²) in [5.41, 5.74) is 0.786. The van der Waals surface area contributed by atoms with Crippen LogP contribution < -0.4 is 10.6 Å². The van der Waals surface area contributed by atoms with Gasteiger partial charge < -0.3 is 9.73 Å². The van der Waals surface area contributed by atoms with Crippen LogP contribution in [0.1, 0.15) is 11.5 Å². The molecule has 1 aromatic heterocycles. The van der Waals surface area contributed by atoms with E-state index < -0.39 is 0 Å². The maximum absolute atomic E-state index is 11.6. The zero-order chi connectivity index (χ0) is 10.7. The van der Waals surface area contributed by atoms with Gasteiger partial charge in [0.05, 0.1) is 12.6 Å². The number of amides is 1. The van der Waals surface area contributed by atoms with Gasteiger partial charge in [0, 0.05) is 11.6 Å². The topological polar surface area (TPSA) is 67.2 Å². The van der Waals surface area contributed by atoms with E-state index in [1.54, 1.807) is 11.8 Å². The van der Waals surface area contributed by atoms with Crippen LogP contribution in [-0.2, 0) is 11.3 Å². The second kappa shape index (κ2) is 4.67. The maximum Gasteiger partial charge on any atom is 0.238 e. The van der Waals surface area contributed by atoms with Crippen molar-refractivity contribution in [2.45, 2.75) is 19.5 Å². The lowest BCUT2D eigenvalue weighted by atomic mass is 10.3. The quantitative estimate of drug-likeness (QED) is 0.775. The smallest absolute Gasteiger partial charge is 0.238 e. The van der Waals surface area contributed by atoms with Crippen molar-refractivity contribution >= 4 is 17.7 Å². The number of aromatic nitrogens is 1. The fourth-order valence-corrected chi connectivity index (χ4v) is 2.30. The monoisotopic (exact) mass is 227 g/mol. The van der Waals surface area contributed by atoms with E-state index in [0.717, 1.165) is 23.1 Å². The van der Waals surface area contributed by atoms with Crippen LogP contribution in [0.4, 0.5) is 0 Å². The van der Waals surface area contributed by atoms with Gasteiger partial charge in [-0.15, -0.1) is 11.8 Å². The summed E-state index contributed by atoms with van der Waals surface area (Å²) in [6.45, 7) is 2.27. The van der Waals surface area contributed by atoms with Crippen LogP contribution in [0.5, 0.6) is 0 Å². The highest BCUT2D eigenvalue weighted by molar-refractivity contribution is 7.99. The minimum Gasteiger partial charge on any atom is -0.448 e. The first-order chi connectivity index (χ1) is 7.27. The third-order valence-electron chi connectivity index (χ3n) is 2.31. The van der Waals surface area contributed by atoms with Gasteiger partial charge >= 0.3 is 0 Å². The van der Waals surface area contributed by atoms with E-state index in [2.05, 4.69) is 15.6 Å². The van der Waals surface area contributed by atoms with E-state index in [0.29, 0.717) is 6.54 Å². The summed E-state index contributed by atoms with van der Waals surface area (Å²) in [6, 6.07) is -0.0674. The molecular weight excluding hydrogens is 214 g/mol. The van der Waals surface area contributed by atoms with Crippen LogP contribution >= 0.6 is 11.8 Å². The Morgan fingerprint density at radius 1 is 1.87 bits per heavy atom. The van der Waals surface area contributed by atoms with Crippen molar-refractivity contribution < 1.29 is 9.21 Å². The van der Waals surface area contributed by atoms with E-state index in [1.807, 2.05) is 6.92 Å². The Bertz CT molecular complexity index is 347. The third kappa shape index (κ3) is 2.51. The predicted molar refractivity (Wildman–Crippen MR) is 57.3 cm³/mol. The average molecular weight is 227 g/mol. The Balaban J connectivity index is 1.83. The minimum absolute atomic E-state index is 0.0300. The van der Waals surface area contributed by atoms with E-state index in [1.165, 1.54) is 6.39 Å². The SMILES string of the molecule is Cc1ocnc1CNC(=O)[C@H]1CSCN1. The lowest BCUT2D eigenvalue weighted by Crippen LogP contribution is -2.41. The largest absolute Gasteiger partial charge is 0.448 e. The number of oxazole rings is 1. The van der Waals surface area contributed by atoms with Gasteiger partial charge in [-0.05, 0) is 6.92 Å². The normalized spacial score (nSPS) is 20.5. The Morgan fingerprint density at radius 3 is 3.33 bits per heavy atom. The molecule has 1 amide bonds. The first-order valence-corrected chi connectivity index (χ1v) is 5.90. The number of carbonyl (C=O) groups is 1. The van der Waals surface area contributed by atoms with Gasteiger partial charge in [0.15, 0.2) is 6.39 Å². The van der Waals surface area contributed by atoms with Crippen LogP contribution in [0, 0.1) is 6.92 Å². The molecule has 2 rings (SSSR count). The van der Waals surface area contributed by atoms with Gasteiger partial charge in [0.2, 0.25) is 5.91 Å².